The zero-order valence-electron chi connectivity index (χ0n) is 14.5. The van der Waals surface area contributed by atoms with Crippen LogP contribution in [0, 0.1) is 0 Å². The molecule has 1 atom stereocenters. The normalized spacial score (nSPS) is 17.1. The van der Waals surface area contributed by atoms with Crippen LogP contribution in [-0.2, 0) is 19.1 Å². The summed E-state index contributed by atoms with van der Waals surface area (Å²) < 4.78 is 10.2. The summed E-state index contributed by atoms with van der Waals surface area (Å²) in [5, 5.41) is 4.16. The van der Waals surface area contributed by atoms with E-state index < -0.39 is 17.9 Å². The highest BCUT2D eigenvalue weighted by atomic mass is 79.9. The van der Waals surface area contributed by atoms with Crippen molar-refractivity contribution in [3.05, 3.63) is 56.3 Å². The van der Waals surface area contributed by atoms with Crippen molar-refractivity contribution in [3.63, 3.8) is 0 Å². The molecule has 1 heterocycles. The molecule has 2 rings (SSSR count). The van der Waals surface area contributed by atoms with Gasteiger partial charge >= 0.3 is 11.9 Å². The molecule has 5 nitrogen and oxygen atoms in total. The van der Waals surface area contributed by atoms with E-state index in [0.717, 1.165) is 0 Å². The van der Waals surface area contributed by atoms with Gasteiger partial charge in [-0.2, -0.15) is 0 Å². The van der Waals surface area contributed by atoms with E-state index in [1.165, 1.54) is 7.11 Å². The van der Waals surface area contributed by atoms with Gasteiger partial charge in [-0.1, -0.05) is 51.3 Å². The van der Waals surface area contributed by atoms with E-state index in [-0.39, 0.29) is 17.2 Å². The summed E-state index contributed by atoms with van der Waals surface area (Å²) >= 11 is 15.8. The number of allylic oxidation sites excluding steroid dienone is 2. The second kappa shape index (κ2) is 8.93. The highest BCUT2D eigenvalue weighted by Crippen LogP contribution is 2.43. The van der Waals surface area contributed by atoms with Crippen molar-refractivity contribution in [3.8, 4) is 0 Å². The molecule has 0 amide bonds. The third-order valence-corrected chi connectivity index (χ3v) is 5.15. The molecule has 0 aliphatic carbocycles. The summed E-state index contributed by atoms with van der Waals surface area (Å²) in [7, 11) is 1.28. The van der Waals surface area contributed by atoms with Gasteiger partial charge < -0.3 is 14.8 Å². The number of benzene rings is 1. The quantitative estimate of drug-likeness (QED) is 0.520. The maximum atomic E-state index is 12.7. The van der Waals surface area contributed by atoms with Crippen LogP contribution >= 0.6 is 39.1 Å². The SMILES string of the molecule is COC(=O)C1=C(C)NC(C)=C(C(=O)OCCBr)C1c1cccc(Cl)c1Cl. The first-order chi connectivity index (χ1) is 12.3. The maximum Gasteiger partial charge on any atom is 0.336 e. The second-order valence-corrected chi connectivity index (χ2v) is 7.17. The number of carbonyl (C=O) groups is 2. The lowest BCUT2D eigenvalue weighted by Crippen LogP contribution is -2.32. The number of alkyl halides is 1. The zero-order valence-corrected chi connectivity index (χ0v) is 17.6. The summed E-state index contributed by atoms with van der Waals surface area (Å²) in [6.07, 6.45) is 0. The molecule has 1 unspecified atom stereocenters. The largest absolute Gasteiger partial charge is 0.466 e. The monoisotopic (exact) mass is 461 g/mol. The molecule has 1 N–H and O–H groups in total. The molecule has 26 heavy (non-hydrogen) atoms. The topological polar surface area (TPSA) is 64.6 Å². The standard InChI is InChI=1S/C18H18BrCl2NO4/c1-9-13(17(23)25-3)15(11-5-4-6-12(20)16(11)21)14(10(2)22-9)18(24)26-8-7-19/h4-6,15,22H,7-8H2,1-3H3. The number of hydrogen-bond donors (Lipinski definition) is 1. The average Bonchev–Trinajstić information content (AvgIpc) is 2.60. The predicted molar refractivity (Wildman–Crippen MR) is 105 cm³/mol. The average molecular weight is 463 g/mol. The minimum absolute atomic E-state index is 0.196. The molecule has 0 fully saturated rings. The number of esters is 2. The first-order valence-electron chi connectivity index (χ1n) is 7.77. The number of rotatable bonds is 5. The fourth-order valence-electron chi connectivity index (χ4n) is 2.91. The molecule has 0 aromatic heterocycles. The van der Waals surface area contributed by atoms with E-state index in [2.05, 4.69) is 21.2 Å². The van der Waals surface area contributed by atoms with Gasteiger partial charge in [0.1, 0.15) is 6.61 Å². The zero-order chi connectivity index (χ0) is 19.4. The van der Waals surface area contributed by atoms with Gasteiger partial charge in [0.2, 0.25) is 0 Å². The Morgan fingerprint density at radius 3 is 2.35 bits per heavy atom. The fraction of sp³-hybridized carbons (Fsp3) is 0.333. The van der Waals surface area contributed by atoms with Crippen molar-refractivity contribution in [2.24, 2.45) is 0 Å². The molecular formula is C18H18BrCl2NO4. The summed E-state index contributed by atoms with van der Waals surface area (Å²) in [6, 6.07) is 5.08. The van der Waals surface area contributed by atoms with Gasteiger partial charge in [-0.3, -0.25) is 0 Å². The Labute approximate surface area is 170 Å². The summed E-state index contributed by atoms with van der Waals surface area (Å²) in [5.41, 5.74) is 2.27. The Bertz CT molecular complexity index is 804. The van der Waals surface area contributed by atoms with Gasteiger partial charge in [-0.05, 0) is 25.5 Å². The number of halogens is 3. The van der Waals surface area contributed by atoms with Crippen LogP contribution < -0.4 is 5.32 Å². The molecule has 140 valence electrons. The van der Waals surface area contributed by atoms with E-state index in [4.69, 9.17) is 32.7 Å². The third-order valence-electron chi connectivity index (χ3n) is 3.99. The molecule has 8 heteroatoms. The van der Waals surface area contributed by atoms with Crippen LogP contribution in [0.3, 0.4) is 0 Å². The van der Waals surface area contributed by atoms with Crippen molar-refractivity contribution >= 4 is 51.1 Å². The van der Waals surface area contributed by atoms with Gasteiger partial charge in [0.05, 0.1) is 34.2 Å². The first kappa shape index (κ1) is 20.8. The van der Waals surface area contributed by atoms with Crippen LogP contribution in [0.2, 0.25) is 10.0 Å². The molecular weight excluding hydrogens is 445 g/mol. The van der Waals surface area contributed by atoms with E-state index >= 15 is 0 Å². The molecule has 0 bridgehead atoms. The van der Waals surface area contributed by atoms with Gasteiger partial charge in [0.25, 0.3) is 0 Å². The number of nitrogens with one attached hydrogen (secondary N) is 1. The molecule has 0 saturated heterocycles. The van der Waals surface area contributed by atoms with E-state index in [9.17, 15) is 9.59 Å². The predicted octanol–water partition coefficient (Wildman–Crippen LogP) is 4.34. The second-order valence-electron chi connectivity index (χ2n) is 5.59. The maximum absolute atomic E-state index is 12.7. The van der Waals surface area contributed by atoms with Crippen LogP contribution in [0.15, 0.2) is 40.7 Å². The Hall–Kier alpha value is -1.50. The van der Waals surface area contributed by atoms with Gasteiger partial charge in [0, 0.05) is 16.7 Å². The fourth-order valence-corrected chi connectivity index (χ4v) is 3.49. The number of carbonyl (C=O) groups excluding carboxylic acids is 2. The highest BCUT2D eigenvalue weighted by molar-refractivity contribution is 9.09. The van der Waals surface area contributed by atoms with Crippen molar-refractivity contribution in [1.29, 1.82) is 0 Å². The minimum Gasteiger partial charge on any atom is -0.466 e. The van der Waals surface area contributed by atoms with E-state index in [0.29, 0.717) is 32.9 Å². The number of ether oxygens (including phenoxy) is 2. The van der Waals surface area contributed by atoms with Gasteiger partial charge in [-0.15, -0.1) is 0 Å². The molecule has 1 aliphatic heterocycles. The summed E-state index contributed by atoms with van der Waals surface area (Å²) in [6.45, 7) is 3.68. The Morgan fingerprint density at radius 2 is 1.77 bits per heavy atom. The Balaban J connectivity index is 2.68. The molecule has 1 aliphatic rings. The third kappa shape index (κ3) is 4.08. The van der Waals surface area contributed by atoms with Crippen molar-refractivity contribution in [2.75, 3.05) is 19.0 Å². The number of hydrogen-bond acceptors (Lipinski definition) is 5. The first-order valence-corrected chi connectivity index (χ1v) is 9.65. The van der Waals surface area contributed by atoms with Crippen LogP contribution in [0.5, 0.6) is 0 Å². The number of methoxy groups -OCH3 is 1. The Morgan fingerprint density at radius 1 is 1.15 bits per heavy atom. The van der Waals surface area contributed by atoms with Crippen LogP contribution in [0.25, 0.3) is 0 Å². The Kier molecular flexibility index (Phi) is 7.15. The van der Waals surface area contributed by atoms with Crippen molar-refractivity contribution < 1.29 is 19.1 Å². The van der Waals surface area contributed by atoms with Crippen LogP contribution in [0.4, 0.5) is 0 Å². The number of dihydropyridines is 1. The molecule has 1 aromatic carbocycles. The van der Waals surface area contributed by atoms with Crippen LogP contribution in [-0.4, -0.2) is 31.0 Å². The van der Waals surface area contributed by atoms with Crippen LogP contribution in [0.1, 0.15) is 25.3 Å². The smallest absolute Gasteiger partial charge is 0.336 e. The highest BCUT2D eigenvalue weighted by Gasteiger charge is 2.39. The lowest BCUT2D eigenvalue weighted by Gasteiger charge is -2.30. The summed E-state index contributed by atoms with van der Waals surface area (Å²) in [4.78, 5) is 25.2. The minimum atomic E-state index is -0.752. The lowest BCUT2D eigenvalue weighted by atomic mass is 9.80. The van der Waals surface area contributed by atoms with E-state index in [1.807, 2.05) is 0 Å². The van der Waals surface area contributed by atoms with Crippen molar-refractivity contribution in [2.45, 2.75) is 19.8 Å². The molecule has 0 saturated carbocycles. The summed E-state index contributed by atoms with van der Waals surface area (Å²) in [5.74, 6) is -1.85. The van der Waals surface area contributed by atoms with Crippen molar-refractivity contribution in [1.82, 2.24) is 5.32 Å². The van der Waals surface area contributed by atoms with Gasteiger partial charge in [0.15, 0.2) is 0 Å². The van der Waals surface area contributed by atoms with Gasteiger partial charge in [-0.25, -0.2) is 9.59 Å². The molecule has 0 spiro atoms. The molecule has 0 radical (unpaired) electrons. The lowest BCUT2D eigenvalue weighted by molar-refractivity contribution is -0.138. The molecule has 1 aromatic rings. The van der Waals surface area contributed by atoms with E-state index in [1.54, 1.807) is 32.0 Å².